The molecule has 1 saturated heterocycles. The number of likely N-dealkylation sites (tertiary alicyclic amines) is 1. The summed E-state index contributed by atoms with van der Waals surface area (Å²) >= 11 is 0. The summed E-state index contributed by atoms with van der Waals surface area (Å²) in [7, 11) is 0. The molecule has 0 bridgehead atoms. The van der Waals surface area contributed by atoms with Crippen LogP contribution < -0.4 is 11.1 Å². The number of aliphatic hydroxyl groups excluding tert-OH is 1. The lowest BCUT2D eigenvalue weighted by atomic mass is 9.94. The third-order valence-corrected chi connectivity index (χ3v) is 2.67. The van der Waals surface area contributed by atoms with Crippen LogP contribution >= 0.6 is 0 Å². The van der Waals surface area contributed by atoms with Crippen LogP contribution in [-0.4, -0.2) is 72.2 Å². The van der Waals surface area contributed by atoms with Crippen LogP contribution in [0, 0.1) is 0 Å². The zero-order valence-corrected chi connectivity index (χ0v) is 10.3. The molecule has 7 heteroatoms. The molecule has 0 aromatic heterocycles. The highest BCUT2D eigenvalue weighted by Crippen LogP contribution is 2.19. The number of carbonyl (C=O) groups is 1. The highest BCUT2D eigenvalue weighted by molar-refractivity contribution is 5.67. The van der Waals surface area contributed by atoms with E-state index in [1.807, 2.05) is 4.90 Å². The van der Waals surface area contributed by atoms with E-state index >= 15 is 0 Å². The van der Waals surface area contributed by atoms with Gasteiger partial charge in [-0.1, -0.05) is 12.7 Å². The molecule has 1 atom stereocenters. The summed E-state index contributed by atoms with van der Waals surface area (Å²) in [6.07, 6.45) is 0.303. The zero-order valence-electron chi connectivity index (χ0n) is 10.3. The molecule has 0 radical (unpaired) electrons. The van der Waals surface area contributed by atoms with Crippen molar-refractivity contribution in [2.24, 2.45) is 5.73 Å². The number of nitrogens with one attached hydrogen (secondary N) is 1. The minimum atomic E-state index is -0.957. The molecule has 0 aromatic rings. The molecule has 0 aromatic carbocycles. The Kier molecular flexibility index (Phi) is 5.54. The predicted molar refractivity (Wildman–Crippen MR) is 66.0 cm³/mol. The maximum atomic E-state index is 11.1. The van der Waals surface area contributed by atoms with Crippen molar-refractivity contribution in [1.82, 2.24) is 10.2 Å². The molecule has 5 N–H and O–H groups in total. The van der Waals surface area contributed by atoms with Crippen molar-refractivity contribution in [3.63, 3.8) is 0 Å². The van der Waals surface area contributed by atoms with Crippen molar-refractivity contribution in [3.05, 3.63) is 12.7 Å². The number of aliphatic hydroxyl groups is 2. The van der Waals surface area contributed by atoms with E-state index in [4.69, 9.17) is 10.5 Å². The molecule has 104 valence electrons. The third kappa shape index (κ3) is 4.61. The first kappa shape index (κ1) is 14.9. The average Bonchev–Trinajstić information content (AvgIpc) is 2.31. The number of alkyl carbamates (subject to hydrolysis) is 1. The number of carbonyl (C=O) groups excluding carboxylic acids is 1. The van der Waals surface area contributed by atoms with Gasteiger partial charge in [-0.15, -0.1) is 0 Å². The van der Waals surface area contributed by atoms with Crippen LogP contribution in [0.25, 0.3) is 0 Å². The summed E-state index contributed by atoms with van der Waals surface area (Å²) in [4.78, 5) is 13.0. The van der Waals surface area contributed by atoms with Gasteiger partial charge in [0, 0.05) is 26.2 Å². The Morgan fingerprint density at radius 1 is 1.67 bits per heavy atom. The van der Waals surface area contributed by atoms with Crippen LogP contribution in [0.2, 0.25) is 0 Å². The lowest BCUT2D eigenvalue weighted by Gasteiger charge is -2.47. The first-order valence-corrected chi connectivity index (χ1v) is 5.83. The number of amides is 1. The Morgan fingerprint density at radius 3 is 2.89 bits per heavy atom. The van der Waals surface area contributed by atoms with E-state index in [0.717, 1.165) is 0 Å². The van der Waals surface area contributed by atoms with Gasteiger partial charge in [0.05, 0.1) is 12.6 Å². The van der Waals surface area contributed by atoms with Crippen molar-refractivity contribution in [2.45, 2.75) is 11.7 Å². The smallest absolute Gasteiger partial charge is 0.407 e. The van der Waals surface area contributed by atoms with Crippen LogP contribution in [0.4, 0.5) is 4.79 Å². The lowest BCUT2D eigenvalue weighted by Crippen LogP contribution is -2.67. The molecule has 1 rings (SSSR count). The van der Waals surface area contributed by atoms with Gasteiger partial charge in [0.25, 0.3) is 0 Å². The van der Waals surface area contributed by atoms with Crippen LogP contribution in [-0.2, 0) is 4.74 Å². The summed E-state index contributed by atoms with van der Waals surface area (Å²) in [5, 5.41) is 21.8. The monoisotopic (exact) mass is 259 g/mol. The molecule has 1 heterocycles. The standard InChI is InChI=1S/C11H21N3O4/c1-2-3-18-10(16)13-6-11(17)7-14(8-11)5-9(15)4-12/h2,9,15,17H,1,3-8,12H2,(H,13,16)/t9-/m1/s1. The van der Waals surface area contributed by atoms with Crippen molar-refractivity contribution < 1.29 is 19.7 Å². The number of hydrogen-bond acceptors (Lipinski definition) is 6. The van der Waals surface area contributed by atoms with Gasteiger partial charge in [-0.2, -0.15) is 0 Å². The van der Waals surface area contributed by atoms with Crippen molar-refractivity contribution >= 4 is 6.09 Å². The number of β-amino-alcohol motifs (C(OH)–C–C–N with tert-alkyl or cyclic N) is 2. The van der Waals surface area contributed by atoms with Gasteiger partial charge >= 0.3 is 6.09 Å². The normalized spacial score (nSPS) is 19.7. The van der Waals surface area contributed by atoms with Gasteiger partial charge in [-0.25, -0.2) is 4.79 Å². The topological polar surface area (TPSA) is 108 Å². The molecule has 0 unspecified atom stereocenters. The molecule has 0 spiro atoms. The van der Waals surface area contributed by atoms with Crippen LogP contribution in [0.15, 0.2) is 12.7 Å². The maximum Gasteiger partial charge on any atom is 0.407 e. The Hall–Kier alpha value is -1.15. The molecule has 1 fully saturated rings. The number of rotatable bonds is 7. The lowest BCUT2D eigenvalue weighted by molar-refractivity contribution is -0.104. The SMILES string of the molecule is C=CCOC(=O)NCC1(O)CN(C[C@H](O)CN)C1. The first-order chi connectivity index (χ1) is 8.49. The number of nitrogens with two attached hydrogens (primary N) is 1. The molecule has 1 aliphatic rings. The maximum absolute atomic E-state index is 11.1. The van der Waals surface area contributed by atoms with Crippen molar-refractivity contribution in [2.75, 3.05) is 39.3 Å². The van der Waals surface area contributed by atoms with Crippen molar-refractivity contribution in [1.29, 1.82) is 0 Å². The van der Waals surface area contributed by atoms with E-state index in [9.17, 15) is 15.0 Å². The fourth-order valence-corrected chi connectivity index (χ4v) is 1.82. The fourth-order valence-electron chi connectivity index (χ4n) is 1.82. The highest BCUT2D eigenvalue weighted by Gasteiger charge is 2.41. The van der Waals surface area contributed by atoms with Gasteiger partial charge in [-0.05, 0) is 0 Å². The summed E-state index contributed by atoms with van der Waals surface area (Å²) in [5.74, 6) is 0. The number of hydrogen-bond donors (Lipinski definition) is 4. The van der Waals surface area contributed by atoms with E-state index in [0.29, 0.717) is 19.6 Å². The quantitative estimate of drug-likeness (QED) is 0.404. The molecular formula is C11H21N3O4. The van der Waals surface area contributed by atoms with E-state index in [-0.39, 0.29) is 19.7 Å². The summed E-state index contributed by atoms with van der Waals surface area (Å²) < 4.78 is 4.71. The van der Waals surface area contributed by atoms with E-state index in [1.165, 1.54) is 6.08 Å². The largest absolute Gasteiger partial charge is 0.445 e. The second-order valence-electron chi connectivity index (χ2n) is 4.52. The molecule has 0 saturated carbocycles. The van der Waals surface area contributed by atoms with Crippen LogP contribution in [0.1, 0.15) is 0 Å². The summed E-state index contributed by atoms with van der Waals surface area (Å²) in [6, 6.07) is 0. The Labute approximate surface area is 106 Å². The molecule has 1 amide bonds. The van der Waals surface area contributed by atoms with E-state index < -0.39 is 17.8 Å². The third-order valence-electron chi connectivity index (χ3n) is 2.67. The van der Waals surface area contributed by atoms with E-state index in [2.05, 4.69) is 11.9 Å². The highest BCUT2D eigenvalue weighted by atomic mass is 16.5. The van der Waals surface area contributed by atoms with E-state index in [1.54, 1.807) is 0 Å². The summed E-state index contributed by atoms with van der Waals surface area (Å²) in [5.41, 5.74) is 4.33. The Bertz CT molecular complexity index is 292. The minimum absolute atomic E-state index is 0.123. The van der Waals surface area contributed by atoms with Crippen molar-refractivity contribution in [3.8, 4) is 0 Å². The minimum Gasteiger partial charge on any atom is -0.445 e. The van der Waals surface area contributed by atoms with Gasteiger partial charge in [0.2, 0.25) is 0 Å². The van der Waals surface area contributed by atoms with Gasteiger partial charge in [0.1, 0.15) is 12.2 Å². The van der Waals surface area contributed by atoms with Crippen LogP contribution in [0.5, 0.6) is 0 Å². The number of ether oxygens (including phenoxy) is 1. The average molecular weight is 259 g/mol. The molecule has 1 aliphatic heterocycles. The van der Waals surface area contributed by atoms with Gasteiger partial charge in [-0.3, -0.25) is 4.90 Å². The summed E-state index contributed by atoms with van der Waals surface area (Å²) in [6.45, 7) is 5.10. The second kappa shape index (κ2) is 6.69. The fraction of sp³-hybridized carbons (Fsp3) is 0.727. The molecule has 0 aliphatic carbocycles. The zero-order chi connectivity index (χ0) is 13.6. The molecule has 18 heavy (non-hydrogen) atoms. The molecule has 7 nitrogen and oxygen atoms in total. The Balaban J connectivity index is 2.17. The van der Waals surface area contributed by atoms with Gasteiger partial charge < -0.3 is 26.0 Å². The first-order valence-electron chi connectivity index (χ1n) is 5.83. The second-order valence-corrected chi connectivity index (χ2v) is 4.52. The number of nitrogens with zero attached hydrogens (tertiary/aromatic N) is 1. The van der Waals surface area contributed by atoms with Crippen LogP contribution in [0.3, 0.4) is 0 Å². The van der Waals surface area contributed by atoms with Gasteiger partial charge in [0.15, 0.2) is 0 Å². The Morgan fingerprint density at radius 2 is 2.33 bits per heavy atom. The predicted octanol–water partition coefficient (Wildman–Crippen LogP) is -1.74. The molecular weight excluding hydrogens is 238 g/mol.